The summed E-state index contributed by atoms with van der Waals surface area (Å²) >= 11 is 0. The van der Waals surface area contributed by atoms with E-state index >= 15 is 0 Å². The summed E-state index contributed by atoms with van der Waals surface area (Å²) in [5.74, 6) is 0.400. The van der Waals surface area contributed by atoms with Gasteiger partial charge in [0.05, 0.1) is 6.61 Å². The van der Waals surface area contributed by atoms with Gasteiger partial charge in [-0.05, 0) is 62.2 Å². The van der Waals surface area contributed by atoms with Crippen molar-refractivity contribution < 1.29 is 14.3 Å². The molecule has 0 fully saturated rings. The summed E-state index contributed by atoms with van der Waals surface area (Å²) in [7, 11) is 0. The van der Waals surface area contributed by atoms with Gasteiger partial charge in [0.1, 0.15) is 5.75 Å². The predicted octanol–water partition coefficient (Wildman–Crippen LogP) is 5.43. The first-order valence-electron chi connectivity index (χ1n) is 10.5. The van der Waals surface area contributed by atoms with Gasteiger partial charge in [-0.1, -0.05) is 39.2 Å². The second-order valence-corrected chi connectivity index (χ2v) is 7.25. The first-order valence-corrected chi connectivity index (χ1v) is 10.5. The fourth-order valence-corrected chi connectivity index (χ4v) is 2.77. The van der Waals surface area contributed by atoms with Crippen molar-refractivity contribution in [1.29, 1.82) is 0 Å². The molecule has 1 unspecified atom stereocenters. The van der Waals surface area contributed by atoms with Gasteiger partial charge in [0.2, 0.25) is 0 Å². The van der Waals surface area contributed by atoms with Crippen LogP contribution in [-0.2, 0) is 0 Å². The molecule has 5 nitrogen and oxygen atoms in total. The first kappa shape index (κ1) is 22.5. The second-order valence-electron chi connectivity index (χ2n) is 7.25. The van der Waals surface area contributed by atoms with Crippen LogP contribution in [0.15, 0.2) is 48.5 Å². The second kappa shape index (κ2) is 11.9. The molecule has 0 radical (unpaired) electrons. The van der Waals surface area contributed by atoms with Gasteiger partial charge in [0.25, 0.3) is 11.8 Å². The Morgan fingerprint density at radius 3 is 2.38 bits per heavy atom. The Morgan fingerprint density at radius 1 is 0.931 bits per heavy atom. The molecule has 0 aliphatic rings. The van der Waals surface area contributed by atoms with Crippen molar-refractivity contribution in [3.8, 4) is 5.75 Å². The average Bonchev–Trinajstić information content (AvgIpc) is 2.74. The summed E-state index contributed by atoms with van der Waals surface area (Å²) in [6.45, 7) is 6.85. The van der Waals surface area contributed by atoms with Crippen LogP contribution in [0.5, 0.6) is 5.75 Å². The predicted molar refractivity (Wildman–Crippen MR) is 118 cm³/mol. The minimum Gasteiger partial charge on any atom is -0.494 e. The lowest BCUT2D eigenvalue weighted by Crippen LogP contribution is -2.31. The van der Waals surface area contributed by atoms with Gasteiger partial charge in [-0.3, -0.25) is 9.59 Å². The van der Waals surface area contributed by atoms with E-state index in [0.717, 1.165) is 18.6 Å². The van der Waals surface area contributed by atoms with Crippen molar-refractivity contribution in [2.45, 2.75) is 58.9 Å². The highest BCUT2D eigenvalue weighted by Gasteiger charge is 2.11. The Hall–Kier alpha value is -2.82. The highest BCUT2D eigenvalue weighted by molar-refractivity contribution is 6.05. The van der Waals surface area contributed by atoms with Crippen LogP contribution in [0, 0.1) is 0 Å². The summed E-state index contributed by atoms with van der Waals surface area (Å²) < 4.78 is 5.71. The molecule has 0 spiro atoms. The van der Waals surface area contributed by atoms with Crippen molar-refractivity contribution in [2.24, 2.45) is 0 Å². The number of ether oxygens (including phenoxy) is 1. The number of nitrogens with one attached hydrogen (secondary N) is 2. The first-order chi connectivity index (χ1) is 14.0. The van der Waals surface area contributed by atoms with Crippen molar-refractivity contribution in [3.63, 3.8) is 0 Å². The summed E-state index contributed by atoms with van der Waals surface area (Å²) in [6.07, 6.45) is 5.50. The van der Waals surface area contributed by atoms with Crippen molar-refractivity contribution >= 4 is 17.5 Å². The molecule has 2 aromatic carbocycles. The van der Waals surface area contributed by atoms with E-state index in [0.29, 0.717) is 23.4 Å². The van der Waals surface area contributed by atoms with Crippen molar-refractivity contribution in [1.82, 2.24) is 5.32 Å². The molecular weight excluding hydrogens is 364 g/mol. The van der Waals surface area contributed by atoms with Crippen LogP contribution in [0.25, 0.3) is 0 Å². The molecule has 0 bridgehead atoms. The SMILES string of the molecule is CCCCCCOc1ccc(C(=O)Nc2cccc(C(=O)NC(C)CC)c2)cc1. The van der Waals surface area contributed by atoms with Crippen LogP contribution in [0.1, 0.15) is 73.6 Å². The van der Waals surface area contributed by atoms with Gasteiger partial charge in [-0.2, -0.15) is 0 Å². The van der Waals surface area contributed by atoms with Crippen LogP contribution in [0.2, 0.25) is 0 Å². The van der Waals surface area contributed by atoms with Crippen molar-refractivity contribution in [2.75, 3.05) is 11.9 Å². The van der Waals surface area contributed by atoms with Gasteiger partial charge < -0.3 is 15.4 Å². The zero-order valence-corrected chi connectivity index (χ0v) is 17.7. The number of rotatable bonds is 11. The number of benzene rings is 2. The van der Waals surface area contributed by atoms with Crippen molar-refractivity contribution in [3.05, 3.63) is 59.7 Å². The Morgan fingerprint density at radius 2 is 1.69 bits per heavy atom. The molecule has 0 saturated heterocycles. The fourth-order valence-electron chi connectivity index (χ4n) is 2.77. The molecule has 2 rings (SSSR count). The maximum Gasteiger partial charge on any atom is 0.255 e. The maximum absolute atomic E-state index is 12.5. The highest BCUT2D eigenvalue weighted by Crippen LogP contribution is 2.16. The molecule has 2 N–H and O–H groups in total. The maximum atomic E-state index is 12.5. The van der Waals surface area contributed by atoms with E-state index in [1.807, 2.05) is 26.0 Å². The Labute approximate surface area is 173 Å². The molecule has 0 aliphatic heterocycles. The Bertz CT molecular complexity index is 787. The standard InChI is InChI=1S/C24H32N2O3/c1-4-6-7-8-16-29-22-14-12-19(13-15-22)23(27)26-21-11-9-10-20(17-21)24(28)25-18(3)5-2/h9-15,17-18H,4-8,16H2,1-3H3,(H,25,28)(H,26,27). The van der Waals surface area contributed by atoms with E-state index in [2.05, 4.69) is 17.6 Å². The Balaban J connectivity index is 1.91. The number of carbonyl (C=O) groups excluding carboxylic acids is 2. The minimum atomic E-state index is -0.223. The largest absolute Gasteiger partial charge is 0.494 e. The summed E-state index contributed by atoms with van der Waals surface area (Å²) in [6, 6.07) is 14.2. The van der Waals surface area contributed by atoms with Gasteiger partial charge in [-0.25, -0.2) is 0 Å². The minimum absolute atomic E-state index is 0.105. The topological polar surface area (TPSA) is 67.4 Å². The van der Waals surface area contributed by atoms with Gasteiger partial charge in [0, 0.05) is 22.9 Å². The number of anilines is 1. The van der Waals surface area contributed by atoms with E-state index in [-0.39, 0.29) is 17.9 Å². The van der Waals surface area contributed by atoms with Crippen LogP contribution in [0.3, 0.4) is 0 Å². The smallest absolute Gasteiger partial charge is 0.255 e. The molecule has 0 aromatic heterocycles. The molecular formula is C24H32N2O3. The van der Waals surface area contributed by atoms with Gasteiger partial charge >= 0.3 is 0 Å². The Kier molecular flexibility index (Phi) is 9.22. The van der Waals surface area contributed by atoms with Gasteiger partial charge in [0.15, 0.2) is 0 Å². The summed E-state index contributed by atoms with van der Waals surface area (Å²) in [5.41, 5.74) is 1.65. The molecule has 0 heterocycles. The summed E-state index contributed by atoms with van der Waals surface area (Å²) in [5, 5.41) is 5.77. The average molecular weight is 397 g/mol. The van der Waals surface area contributed by atoms with Gasteiger partial charge in [-0.15, -0.1) is 0 Å². The van der Waals surface area contributed by atoms with E-state index in [9.17, 15) is 9.59 Å². The number of amides is 2. The third kappa shape index (κ3) is 7.60. The zero-order chi connectivity index (χ0) is 21.1. The lowest BCUT2D eigenvalue weighted by molar-refractivity contribution is 0.0938. The molecule has 29 heavy (non-hydrogen) atoms. The quantitative estimate of drug-likeness (QED) is 0.498. The molecule has 2 amide bonds. The van der Waals surface area contributed by atoms with E-state index in [1.54, 1.807) is 36.4 Å². The lowest BCUT2D eigenvalue weighted by atomic mass is 10.1. The third-order valence-electron chi connectivity index (χ3n) is 4.76. The molecule has 0 aliphatic carbocycles. The monoisotopic (exact) mass is 396 g/mol. The molecule has 5 heteroatoms. The third-order valence-corrected chi connectivity index (χ3v) is 4.76. The number of carbonyl (C=O) groups is 2. The molecule has 156 valence electrons. The normalized spacial score (nSPS) is 11.6. The number of hydrogen-bond donors (Lipinski definition) is 2. The van der Waals surface area contributed by atoms with E-state index < -0.39 is 0 Å². The van der Waals surface area contributed by atoms with Crippen LogP contribution >= 0.6 is 0 Å². The lowest BCUT2D eigenvalue weighted by Gasteiger charge is -2.12. The number of hydrogen-bond acceptors (Lipinski definition) is 3. The van der Waals surface area contributed by atoms with Crippen LogP contribution < -0.4 is 15.4 Å². The highest BCUT2D eigenvalue weighted by atomic mass is 16.5. The summed E-state index contributed by atoms with van der Waals surface area (Å²) in [4.78, 5) is 24.8. The molecule has 0 saturated carbocycles. The zero-order valence-electron chi connectivity index (χ0n) is 17.7. The van der Waals surface area contributed by atoms with Crippen LogP contribution in [-0.4, -0.2) is 24.5 Å². The van der Waals surface area contributed by atoms with Crippen LogP contribution in [0.4, 0.5) is 5.69 Å². The molecule has 2 aromatic rings. The van der Waals surface area contributed by atoms with E-state index in [1.165, 1.54) is 19.3 Å². The van der Waals surface area contributed by atoms with E-state index in [4.69, 9.17) is 4.74 Å². The number of unbranched alkanes of at least 4 members (excludes halogenated alkanes) is 3. The molecule has 1 atom stereocenters. The fraction of sp³-hybridized carbons (Fsp3) is 0.417.